The van der Waals surface area contributed by atoms with Crippen molar-refractivity contribution < 1.29 is 13.2 Å². The first-order valence-electron chi connectivity index (χ1n) is 7.96. The molecule has 0 amide bonds. The van der Waals surface area contributed by atoms with Crippen molar-refractivity contribution in [2.75, 3.05) is 29.9 Å². The molecule has 1 atom stereocenters. The predicted molar refractivity (Wildman–Crippen MR) is 84.8 cm³/mol. The summed E-state index contributed by atoms with van der Waals surface area (Å²) in [6, 6.07) is 1.81. The zero-order valence-electron chi connectivity index (χ0n) is 13.9. The van der Waals surface area contributed by atoms with Gasteiger partial charge in [0.05, 0.1) is 22.8 Å². The number of hydrogen-bond acceptors (Lipinski definition) is 4. The van der Waals surface area contributed by atoms with Gasteiger partial charge >= 0.3 is 6.18 Å². The Kier molecular flexibility index (Phi) is 3.74. The van der Waals surface area contributed by atoms with Gasteiger partial charge in [0.25, 0.3) is 0 Å². The molecule has 3 rings (SSSR count). The smallest absolute Gasteiger partial charge is 0.375 e. The summed E-state index contributed by atoms with van der Waals surface area (Å²) in [4.78, 5) is 8.69. The van der Waals surface area contributed by atoms with Crippen LogP contribution in [0.2, 0.25) is 0 Å². The Hall–Kier alpha value is -1.50. The van der Waals surface area contributed by atoms with Crippen LogP contribution in [0.3, 0.4) is 0 Å². The van der Waals surface area contributed by atoms with Crippen molar-refractivity contribution in [3.05, 3.63) is 17.8 Å². The van der Waals surface area contributed by atoms with Crippen LogP contribution in [0.5, 0.6) is 0 Å². The van der Waals surface area contributed by atoms with E-state index in [1.54, 1.807) is 0 Å². The topological polar surface area (TPSA) is 31.4 Å². The quantitative estimate of drug-likeness (QED) is 0.858. The fourth-order valence-corrected chi connectivity index (χ4v) is 3.51. The standard InChI is InChI=1S/C16H23F3N4/c1-10(2)22-5-6-23-13(9-22)15(3,4)21-12-7-11(16(17,18)19)8-20-14(12)23/h7-8,10,13,21H,5-6,9H2,1-4H3/t13-/m1/s1. The highest BCUT2D eigenvalue weighted by atomic mass is 19.4. The van der Waals surface area contributed by atoms with Crippen molar-refractivity contribution in [2.24, 2.45) is 0 Å². The Morgan fingerprint density at radius 2 is 2.00 bits per heavy atom. The number of anilines is 2. The van der Waals surface area contributed by atoms with Gasteiger partial charge in [-0.15, -0.1) is 0 Å². The van der Waals surface area contributed by atoms with Gasteiger partial charge in [0, 0.05) is 31.9 Å². The Bertz CT molecular complexity index is 597. The van der Waals surface area contributed by atoms with Crippen LogP contribution in [0.25, 0.3) is 0 Å². The maximum atomic E-state index is 12.9. The van der Waals surface area contributed by atoms with E-state index in [-0.39, 0.29) is 11.6 Å². The Balaban J connectivity index is 1.97. The highest BCUT2D eigenvalue weighted by molar-refractivity contribution is 5.71. The molecule has 2 aliphatic rings. The van der Waals surface area contributed by atoms with Crippen LogP contribution in [0.4, 0.5) is 24.7 Å². The summed E-state index contributed by atoms with van der Waals surface area (Å²) in [6.07, 6.45) is -3.44. The number of piperazine rings is 1. The van der Waals surface area contributed by atoms with Crippen LogP contribution in [0, 0.1) is 0 Å². The number of alkyl halides is 3. The largest absolute Gasteiger partial charge is 0.417 e. The Labute approximate surface area is 134 Å². The molecule has 0 spiro atoms. The first-order valence-corrected chi connectivity index (χ1v) is 7.96. The highest BCUT2D eigenvalue weighted by Gasteiger charge is 2.44. The zero-order chi connectivity index (χ0) is 17.0. The fraction of sp³-hybridized carbons (Fsp3) is 0.688. The van der Waals surface area contributed by atoms with E-state index in [1.165, 1.54) is 6.07 Å². The molecule has 0 bridgehead atoms. The van der Waals surface area contributed by atoms with Crippen LogP contribution in [0.1, 0.15) is 33.3 Å². The molecule has 3 heterocycles. The van der Waals surface area contributed by atoms with Crippen molar-refractivity contribution in [2.45, 2.75) is 51.5 Å². The summed E-state index contributed by atoms with van der Waals surface area (Å²) in [5.74, 6) is 0.630. The number of rotatable bonds is 1. The summed E-state index contributed by atoms with van der Waals surface area (Å²) in [5.41, 5.74) is -0.565. The van der Waals surface area contributed by atoms with Crippen LogP contribution >= 0.6 is 0 Å². The second kappa shape index (κ2) is 5.26. The second-order valence-corrected chi connectivity index (χ2v) is 7.24. The molecule has 1 N–H and O–H groups in total. The molecule has 1 aromatic heterocycles. The van der Waals surface area contributed by atoms with Crippen LogP contribution < -0.4 is 10.2 Å². The molecule has 7 heteroatoms. The lowest BCUT2D eigenvalue weighted by Gasteiger charge is -2.53. The Morgan fingerprint density at radius 3 is 2.61 bits per heavy atom. The lowest BCUT2D eigenvalue weighted by molar-refractivity contribution is -0.137. The molecule has 128 valence electrons. The maximum Gasteiger partial charge on any atom is 0.417 e. The molecule has 2 aliphatic heterocycles. The SMILES string of the molecule is CC(C)N1CCN2c3ncc(C(F)(F)F)cc3NC(C)(C)[C@H]2C1. The monoisotopic (exact) mass is 328 g/mol. The van der Waals surface area contributed by atoms with Gasteiger partial charge in [0.15, 0.2) is 5.82 Å². The first-order chi connectivity index (χ1) is 10.6. The van der Waals surface area contributed by atoms with Gasteiger partial charge in [-0.05, 0) is 33.8 Å². The lowest BCUT2D eigenvalue weighted by Crippen LogP contribution is -2.66. The van der Waals surface area contributed by atoms with Gasteiger partial charge in [-0.25, -0.2) is 4.98 Å². The van der Waals surface area contributed by atoms with Crippen molar-refractivity contribution in [3.63, 3.8) is 0 Å². The van der Waals surface area contributed by atoms with E-state index in [1.807, 2.05) is 13.8 Å². The summed E-state index contributed by atoms with van der Waals surface area (Å²) < 4.78 is 38.8. The minimum absolute atomic E-state index is 0.176. The molecule has 1 saturated heterocycles. The van der Waals surface area contributed by atoms with Gasteiger partial charge in [-0.1, -0.05) is 0 Å². The average Bonchev–Trinajstić information content (AvgIpc) is 2.44. The van der Waals surface area contributed by atoms with Crippen LogP contribution in [-0.4, -0.2) is 47.1 Å². The number of aromatic nitrogens is 1. The van der Waals surface area contributed by atoms with Gasteiger partial charge < -0.3 is 10.2 Å². The van der Waals surface area contributed by atoms with Crippen LogP contribution in [0.15, 0.2) is 12.3 Å². The second-order valence-electron chi connectivity index (χ2n) is 7.24. The van der Waals surface area contributed by atoms with E-state index in [4.69, 9.17) is 0 Å². The van der Waals surface area contributed by atoms with Crippen LogP contribution in [-0.2, 0) is 6.18 Å². The van der Waals surface area contributed by atoms with E-state index in [2.05, 4.69) is 33.9 Å². The third kappa shape index (κ3) is 2.86. The van der Waals surface area contributed by atoms with Crippen molar-refractivity contribution >= 4 is 11.5 Å². The van der Waals surface area contributed by atoms with E-state index >= 15 is 0 Å². The maximum absolute atomic E-state index is 12.9. The molecule has 0 aromatic carbocycles. The molecule has 0 saturated carbocycles. The number of pyridine rings is 1. The lowest BCUT2D eigenvalue weighted by atomic mass is 9.87. The molecule has 1 aromatic rings. The summed E-state index contributed by atoms with van der Waals surface area (Å²) >= 11 is 0. The number of nitrogens with zero attached hydrogens (tertiary/aromatic N) is 3. The number of fused-ring (bicyclic) bond motifs is 3. The van der Waals surface area contributed by atoms with E-state index in [0.717, 1.165) is 25.8 Å². The minimum atomic E-state index is -4.37. The molecule has 23 heavy (non-hydrogen) atoms. The minimum Gasteiger partial charge on any atom is -0.375 e. The molecule has 0 unspecified atom stereocenters. The summed E-state index contributed by atoms with van der Waals surface area (Å²) in [7, 11) is 0. The van der Waals surface area contributed by atoms with Crippen molar-refractivity contribution in [1.29, 1.82) is 0 Å². The van der Waals surface area contributed by atoms with Gasteiger partial charge in [0.1, 0.15) is 0 Å². The molecule has 0 radical (unpaired) electrons. The Morgan fingerprint density at radius 1 is 1.30 bits per heavy atom. The molecule has 0 aliphatic carbocycles. The normalized spacial score (nSPS) is 24.2. The third-order valence-corrected chi connectivity index (χ3v) is 4.90. The first kappa shape index (κ1) is 16.4. The highest BCUT2D eigenvalue weighted by Crippen LogP contribution is 2.41. The van der Waals surface area contributed by atoms with E-state index in [0.29, 0.717) is 17.5 Å². The van der Waals surface area contributed by atoms with Gasteiger partial charge in [0.2, 0.25) is 0 Å². The molecule has 1 fully saturated rings. The predicted octanol–water partition coefficient (Wildman–Crippen LogP) is 3.20. The van der Waals surface area contributed by atoms with Gasteiger partial charge in [-0.3, -0.25) is 4.90 Å². The molecular weight excluding hydrogens is 305 g/mol. The molecule has 4 nitrogen and oxygen atoms in total. The summed E-state index contributed by atoms with van der Waals surface area (Å²) in [6.45, 7) is 11.0. The number of hydrogen-bond donors (Lipinski definition) is 1. The van der Waals surface area contributed by atoms with Gasteiger partial charge in [-0.2, -0.15) is 13.2 Å². The van der Waals surface area contributed by atoms with E-state index < -0.39 is 11.7 Å². The molecular formula is C16H23F3N4. The number of nitrogens with one attached hydrogen (secondary N) is 1. The van der Waals surface area contributed by atoms with E-state index in [9.17, 15) is 13.2 Å². The third-order valence-electron chi connectivity index (χ3n) is 4.90. The fourth-order valence-electron chi connectivity index (χ4n) is 3.51. The number of halogens is 3. The zero-order valence-corrected chi connectivity index (χ0v) is 13.9. The van der Waals surface area contributed by atoms with Crippen molar-refractivity contribution in [3.8, 4) is 0 Å². The summed E-state index contributed by atoms with van der Waals surface area (Å²) in [5, 5.41) is 3.28. The average molecular weight is 328 g/mol. The van der Waals surface area contributed by atoms with Crippen molar-refractivity contribution in [1.82, 2.24) is 9.88 Å².